The lowest BCUT2D eigenvalue weighted by Crippen LogP contribution is -2.54. The van der Waals surface area contributed by atoms with E-state index in [0.29, 0.717) is 56.2 Å². The minimum absolute atomic E-state index is 0.00182. The van der Waals surface area contributed by atoms with Crippen LogP contribution < -0.4 is 50.8 Å². The molecule has 0 saturated heterocycles. The molecule has 0 spiro atoms. The highest BCUT2D eigenvalue weighted by atomic mass is 35.5. The van der Waals surface area contributed by atoms with E-state index < -0.39 is 71.8 Å². The summed E-state index contributed by atoms with van der Waals surface area (Å²) in [6.45, 7) is 4.96. The van der Waals surface area contributed by atoms with Gasteiger partial charge in [-0.05, 0) is 48.6 Å². The Morgan fingerprint density at radius 3 is 2.20 bits per heavy atom. The Hall–Kier alpha value is -9.31. The maximum Gasteiger partial charge on any atom is 0.415 e. The molecule has 4 heterocycles. The lowest BCUT2D eigenvalue weighted by atomic mass is 10.0. The van der Waals surface area contributed by atoms with E-state index in [4.69, 9.17) is 54.9 Å². The number of fused-ring (bicyclic) bond motifs is 4. The number of nitrogens with one attached hydrogen (secondary N) is 5. The molecule has 0 aliphatic carbocycles. The molecule has 2 aromatic heterocycles. The number of oxazole rings is 1. The average Bonchev–Trinajstić information content (AvgIpc) is 3.21. The number of anilines is 2. The maximum absolute atomic E-state index is 14.4. The van der Waals surface area contributed by atoms with Gasteiger partial charge in [-0.15, -0.1) is 11.6 Å². The number of ether oxygens (including phenoxy) is 7. The Balaban J connectivity index is 0.903. The van der Waals surface area contributed by atoms with Gasteiger partial charge < -0.3 is 84.3 Å². The molecule has 85 heavy (non-hydrogen) atoms. The van der Waals surface area contributed by atoms with Crippen LogP contribution >= 0.6 is 11.6 Å². The number of nitrogens with zero attached hydrogens (tertiary/aromatic N) is 5. The van der Waals surface area contributed by atoms with E-state index >= 15 is 0 Å². The third-order valence-corrected chi connectivity index (χ3v) is 14.1. The SMILES string of the molecule is COc1cc2cc(C(=O)N3CC(CCl)c4c3cc(OC(=O)N(C)CCN(C)C(=O)OCc3ccc(NC(=O)C(CCCNC(N)=O)NC(=O)[C@H](NC(=O)OCCOCCN5C(=O)C=CC5=O)C(C)C)cc3)c3oc(C)nc43)[nH]c2c(OC)c1OC. The van der Waals surface area contributed by atoms with Gasteiger partial charge in [-0.25, -0.2) is 24.2 Å². The molecule has 29 heteroatoms. The van der Waals surface area contributed by atoms with Gasteiger partial charge in [0.05, 0.1) is 52.3 Å². The summed E-state index contributed by atoms with van der Waals surface area (Å²) in [4.78, 5) is 129. The zero-order valence-electron chi connectivity index (χ0n) is 48.1. The van der Waals surface area contributed by atoms with Gasteiger partial charge in [0.15, 0.2) is 28.7 Å². The molecule has 2 unspecified atom stereocenters. The number of nitrogens with two attached hydrogens (primary N) is 1. The molecule has 0 bridgehead atoms. The number of hydrogen-bond acceptors (Lipinski definition) is 18. The molecule has 456 valence electrons. The molecular formula is C56H68ClN11O17. The van der Waals surface area contributed by atoms with Crippen molar-refractivity contribution in [1.82, 2.24) is 40.6 Å². The highest BCUT2D eigenvalue weighted by Gasteiger charge is 2.38. The van der Waals surface area contributed by atoms with Gasteiger partial charge in [0.25, 0.3) is 17.7 Å². The summed E-state index contributed by atoms with van der Waals surface area (Å²) in [6.07, 6.45) is 0.177. The van der Waals surface area contributed by atoms with Crippen LogP contribution in [0, 0.1) is 12.8 Å². The van der Waals surface area contributed by atoms with Crippen molar-refractivity contribution in [2.75, 3.05) is 104 Å². The van der Waals surface area contributed by atoms with Crippen LogP contribution in [0.3, 0.4) is 0 Å². The minimum Gasteiger partial charge on any atom is -0.493 e. The second-order valence-electron chi connectivity index (χ2n) is 20.0. The van der Waals surface area contributed by atoms with Crippen LogP contribution in [0.1, 0.15) is 60.1 Å². The molecule has 3 aromatic carbocycles. The van der Waals surface area contributed by atoms with Crippen LogP contribution in [0.4, 0.5) is 30.6 Å². The molecule has 3 atom stereocenters. The Morgan fingerprint density at radius 2 is 1.55 bits per heavy atom. The molecule has 5 aromatic rings. The first-order chi connectivity index (χ1) is 40.7. The number of hydrogen-bond donors (Lipinski definition) is 6. The number of carbonyl (C=O) groups excluding carboxylic acids is 9. The number of benzene rings is 3. The Bertz CT molecular complexity index is 3330. The van der Waals surface area contributed by atoms with Crippen molar-refractivity contribution in [1.29, 1.82) is 0 Å². The molecule has 2 aliphatic heterocycles. The van der Waals surface area contributed by atoms with Crippen molar-refractivity contribution in [2.45, 2.75) is 58.2 Å². The number of urea groups is 1. The number of carbonyl (C=O) groups is 9. The van der Waals surface area contributed by atoms with Gasteiger partial charge in [0, 0.05) is 93.9 Å². The standard InChI is InChI=1S/C56H68ClN11O17/c1-30(2)44(64-54(75)82-23-22-81-21-20-67-41(69)15-16-42(67)70)51(72)63-36(10-9-17-59-53(58)74)50(71)61-35-13-11-32(12-14-35)29-83-55(76)65(4)18-19-66(5)56(77)85-40-26-38-43(46-47(40)84-31(3)60-46)34(27-57)28-68(38)52(73)37-24-33-25-39(78-6)48(79-7)49(80-8)45(33)62-37/h11-16,24-26,30,34,36,44,62H,9-10,17-23,27-29H2,1-8H3,(H,61,71)(H,63,72)(H,64,75)(H3,58,59,74)/t34?,36?,44-/m1/s1. The molecule has 10 amide bonds. The van der Waals surface area contributed by atoms with E-state index in [1.165, 1.54) is 50.1 Å². The highest BCUT2D eigenvalue weighted by molar-refractivity contribution is 6.19. The van der Waals surface area contributed by atoms with Crippen molar-refractivity contribution in [3.8, 4) is 23.0 Å². The first-order valence-electron chi connectivity index (χ1n) is 26.9. The number of alkyl carbamates (subject to hydrolysis) is 1. The molecule has 2 aliphatic rings. The van der Waals surface area contributed by atoms with Gasteiger partial charge in [-0.3, -0.25) is 28.9 Å². The second kappa shape index (κ2) is 28.8. The number of methoxy groups -OCH3 is 3. The van der Waals surface area contributed by atoms with Crippen LogP contribution in [0.15, 0.2) is 59.0 Å². The first kappa shape index (κ1) is 63.3. The van der Waals surface area contributed by atoms with Gasteiger partial charge in [-0.1, -0.05) is 26.0 Å². The largest absolute Gasteiger partial charge is 0.493 e. The number of alkyl halides is 1. The molecule has 7 N–H and O–H groups in total. The number of rotatable bonds is 27. The number of primary amides is 1. The zero-order chi connectivity index (χ0) is 61.6. The van der Waals surface area contributed by atoms with Crippen molar-refractivity contribution >= 4 is 98.8 Å². The molecule has 0 saturated carbocycles. The van der Waals surface area contributed by atoms with Crippen molar-refractivity contribution in [2.24, 2.45) is 11.7 Å². The summed E-state index contributed by atoms with van der Waals surface area (Å²) in [7, 11) is 7.43. The van der Waals surface area contributed by atoms with Gasteiger partial charge in [-0.2, -0.15) is 0 Å². The third kappa shape index (κ3) is 15.5. The Morgan fingerprint density at radius 1 is 0.859 bits per heavy atom. The lowest BCUT2D eigenvalue weighted by molar-refractivity contribution is -0.137. The van der Waals surface area contributed by atoms with Crippen LogP contribution in [-0.2, 0) is 40.0 Å². The number of likely N-dealkylation sites (N-methyl/N-ethyl adjacent to an activating group) is 2. The summed E-state index contributed by atoms with van der Waals surface area (Å²) in [6, 6.07) is 8.27. The predicted octanol–water partition coefficient (Wildman–Crippen LogP) is 4.89. The second-order valence-corrected chi connectivity index (χ2v) is 20.3. The lowest BCUT2D eigenvalue weighted by Gasteiger charge is -2.25. The molecule has 7 rings (SSSR count). The quantitative estimate of drug-likeness (QED) is 0.0231. The van der Waals surface area contributed by atoms with E-state index in [1.807, 2.05) is 0 Å². The smallest absolute Gasteiger partial charge is 0.415 e. The Labute approximate surface area is 492 Å². The number of aromatic amines is 1. The topological polar surface area (TPSA) is 347 Å². The number of amides is 10. The van der Waals surface area contributed by atoms with E-state index in [-0.39, 0.29) is 107 Å². The molecule has 0 radical (unpaired) electrons. The fourth-order valence-electron chi connectivity index (χ4n) is 9.28. The van der Waals surface area contributed by atoms with Crippen LogP contribution in [0.5, 0.6) is 23.0 Å². The zero-order valence-corrected chi connectivity index (χ0v) is 48.9. The summed E-state index contributed by atoms with van der Waals surface area (Å²) >= 11 is 6.51. The van der Waals surface area contributed by atoms with Gasteiger partial charge in [0.1, 0.15) is 36.5 Å². The van der Waals surface area contributed by atoms with Crippen molar-refractivity contribution in [3.63, 3.8) is 0 Å². The third-order valence-electron chi connectivity index (χ3n) is 13.8. The van der Waals surface area contributed by atoms with E-state index in [9.17, 15) is 43.2 Å². The summed E-state index contributed by atoms with van der Waals surface area (Å²) in [5, 5.41) is 11.0. The number of aryl methyl sites for hydroxylation is 1. The minimum atomic E-state index is -1.14. The number of H-pyrrole nitrogens is 1. The van der Waals surface area contributed by atoms with Crippen LogP contribution in [0.25, 0.3) is 22.0 Å². The average molecular weight is 1200 g/mol. The number of aromatic nitrogens is 2. The molecule has 0 fully saturated rings. The fraction of sp³-hybridized carbons (Fsp3) is 0.429. The maximum atomic E-state index is 14.4. The highest BCUT2D eigenvalue weighted by Crippen LogP contribution is 2.47. The van der Waals surface area contributed by atoms with E-state index in [1.54, 1.807) is 63.2 Å². The summed E-state index contributed by atoms with van der Waals surface area (Å²) < 4.78 is 44.6. The van der Waals surface area contributed by atoms with Crippen LogP contribution in [0.2, 0.25) is 0 Å². The number of halogens is 1. The predicted molar refractivity (Wildman–Crippen MR) is 307 cm³/mol. The summed E-state index contributed by atoms with van der Waals surface area (Å²) in [5.41, 5.74) is 8.47. The molecule has 28 nitrogen and oxygen atoms in total. The van der Waals surface area contributed by atoms with Crippen molar-refractivity contribution < 1.29 is 80.7 Å². The number of imide groups is 1. The van der Waals surface area contributed by atoms with Gasteiger partial charge in [0.2, 0.25) is 17.6 Å². The first-order valence-corrected chi connectivity index (χ1v) is 27.4. The van der Waals surface area contributed by atoms with Gasteiger partial charge >= 0.3 is 24.3 Å². The molecular weight excluding hydrogens is 1130 g/mol. The monoisotopic (exact) mass is 1200 g/mol. The fourth-order valence-corrected chi connectivity index (χ4v) is 9.53. The van der Waals surface area contributed by atoms with Crippen molar-refractivity contribution in [3.05, 3.63) is 77.3 Å². The normalized spacial score (nSPS) is 14.2. The van der Waals surface area contributed by atoms with Crippen LogP contribution in [-0.4, -0.2) is 184 Å². The van der Waals surface area contributed by atoms with E-state index in [2.05, 4.69) is 31.2 Å². The summed E-state index contributed by atoms with van der Waals surface area (Å²) in [5.74, 6) is -1.88. The Kier molecular flexibility index (Phi) is 21.4. The van der Waals surface area contributed by atoms with E-state index in [0.717, 1.165) is 17.1 Å².